The van der Waals surface area contributed by atoms with E-state index in [0.717, 1.165) is 11.0 Å². The number of hydrogen-bond donors (Lipinski definition) is 0. The largest absolute Gasteiger partial charge is 0.341 e. The van der Waals surface area contributed by atoms with Crippen LogP contribution in [0.2, 0.25) is 5.15 Å². The van der Waals surface area contributed by atoms with Crippen LogP contribution in [0.1, 0.15) is 19.9 Å². The van der Waals surface area contributed by atoms with Crippen molar-refractivity contribution in [3.63, 3.8) is 0 Å². The maximum absolute atomic E-state index is 5.98. The summed E-state index contributed by atoms with van der Waals surface area (Å²) >= 11 is 5.98. The second kappa shape index (κ2) is 3.00. The highest BCUT2D eigenvalue weighted by molar-refractivity contribution is 6.33. The quantitative estimate of drug-likeness (QED) is 0.655. The lowest BCUT2D eigenvalue weighted by Gasteiger charge is -2.08. The first-order chi connectivity index (χ1) is 6.20. The zero-order chi connectivity index (χ0) is 9.42. The van der Waals surface area contributed by atoms with Crippen LogP contribution in [0.25, 0.3) is 11.0 Å². The molecule has 0 spiro atoms. The van der Waals surface area contributed by atoms with Crippen molar-refractivity contribution in [2.75, 3.05) is 0 Å². The lowest BCUT2D eigenvalue weighted by atomic mass is 10.4. The van der Waals surface area contributed by atoms with Crippen LogP contribution in [0.5, 0.6) is 0 Å². The van der Waals surface area contributed by atoms with Crippen LogP contribution < -0.4 is 0 Å². The van der Waals surface area contributed by atoms with Gasteiger partial charge in [0.25, 0.3) is 0 Å². The van der Waals surface area contributed by atoms with Gasteiger partial charge in [-0.05, 0) is 19.9 Å². The van der Waals surface area contributed by atoms with E-state index in [4.69, 9.17) is 11.6 Å². The van der Waals surface area contributed by atoms with E-state index in [2.05, 4.69) is 28.4 Å². The minimum Gasteiger partial charge on any atom is -0.341 e. The fourth-order valence-electron chi connectivity index (χ4n) is 1.39. The molecule has 2 rings (SSSR count). The molecule has 68 valence electrons. The highest BCUT2D eigenvalue weighted by Gasteiger charge is 2.08. The van der Waals surface area contributed by atoms with E-state index < -0.39 is 0 Å². The molecule has 0 fully saturated rings. The number of nitrogens with zero attached hydrogens (tertiary/aromatic N) is 3. The maximum Gasteiger partial charge on any atom is 0.156 e. The molecule has 0 saturated heterocycles. The number of rotatable bonds is 1. The van der Waals surface area contributed by atoms with Crippen LogP contribution in [0.15, 0.2) is 18.6 Å². The van der Waals surface area contributed by atoms with Gasteiger partial charge in [0.2, 0.25) is 0 Å². The van der Waals surface area contributed by atoms with Crippen molar-refractivity contribution in [3.05, 3.63) is 23.7 Å². The summed E-state index contributed by atoms with van der Waals surface area (Å²) < 4.78 is 2.07. The Bertz CT molecular complexity index is 433. The highest BCUT2D eigenvalue weighted by atomic mass is 35.5. The Hall–Kier alpha value is -1.09. The average molecular weight is 196 g/mol. The number of hydrogen-bond acceptors (Lipinski definition) is 2. The molecular weight excluding hydrogens is 186 g/mol. The van der Waals surface area contributed by atoms with Gasteiger partial charge < -0.3 is 4.57 Å². The fourth-order valence-corrected chi connectivity index (χ4v) is 1.62. The summed E-state index contributed by atoms with van der Waals surface area (Å²) in [5.74, 6) is 0. The van der Waals surface area contributed by atoms with Crippen molar-refractivity contribution < 1.29 is 0 Å². The molecule has 0 radical (unpaired) electrons. The minimum atomic E-state index is 0.376. The SMILES string of the molecule is CC(C)n1ccc2ncnc(Cl)c21. The van der Waals surface area contributed by atoms with Gasteiger partial charge in [-0.25, -0.2) is 9.97 Å². The van der Waals surface area contributed by atoms with Gasteiger partial charge >= 0.3 is 0 Å². The molecule has 2 aromatic heterocycles. The van der Waals surface area contributed by atoms with Crippen LogP contribution >= 0.6 is 11.6 Å². The lowest BCUT2D eigenvalue weighted by molar-refractivity contribution is 0.622. The van der Waals surface area contributed by atoms with E-state index in [0.29, 0.717) is 11.2 Å². The summed E-state index contributed by atoms with van der Waals surface area (Å²) in [5.41, 5.74) is 1.81. The molecule has 0 bridgehead atoms. The molecular formula is C9H10ClN3. The lowest BCUT2D eigenvalue weighted by Crippen LogP contribution is -1.99. The third-order valence-corrected chi connectivity index (χ3v) is 2.29. The first kappa shape index (κ1) is 8.51. The summed E-state index contributed by atoms with van der Waals surface area (Å²) in [6.07, 6.45) is 3.46. The van der Waals surface area contributed by atoms with Gasteiger partial charge in [-0.15, -0.1) is 0 Å². The number of aromatic nitrogens is 3. The summed E-state index contributed by atoms with van der Waals surface area (Å²) in [6, 6.07) is 2.32. The third-order valence-electron chi connectivity index (χ3n) is 2.01. The van der Waals surface area contributed by atoms with Crippen LogP contribution in [0, 0.1) is 0 Å². The Morgan fingerprint density at radius 2 is 2.15 bits per heavy atom. The molecule has 0 aliphatic heterocycles. The maximum atomic E-state index is 5.98. The molecule has 2 heterocycles. The van der Waals surface area contributed by atoms with Crippen LogP contribution in [-0.2, 0) is 0 Å². The van der Waals surface area contributed by atoms with E-state index >= 15 is 0 Å². The Labute approximate surface area is 81.4 Å². The Kier molecular flexibility index (Phi) is 1.96. The van der Waals surface area contributed by atoms with Crippen molar-refractivity contribution in [1.82, 2.24) is 14.5 Å². The second-order valence-electron chi connectivity index (χ2n) is 3.22. The molecule has 4 heteroatoms. The zero-order valence-electron chi connectivity index (χ0n) is 7.53. The van der Waals surface area contributed by atoms with Gasteiger partial charge in [-0.1, -0.05) is 11.6 Å². The van der Waals surface area contributed by atoms with Crippen molar-refractivity contribution in [3.8, 4) is 0 Å². The molecule has 0 aliphatic carbocycles. The molecule has 13 heavy (non-hydrogen) atoms. The molecule has 2 aromatic rings. The summed E-state index contributed by atoms with van der Waals surface area (Å²) in [6.45, 7) is 4.20. The molecule has 0 unspecified atom stereocenters. The average Bonchev–Trinajstić information content (AvgIpc) is 2.49. The molecule has 0 N–H and O–H groups in total. The van der Waals surface area contributed by atoms with Crippen LogP contribution in [0.3, 0.4) is 0 Å². The zero-order valence-corrected chi connectivity index (χ0v) is 8.28. The van der Waals surface area contributed by atoms with E-state index in [1.807, 2.05) is 12.3 Å². The first-order valence-electron chi connectivity index (χ1n) is 4.17. The van der Waals surface area contributed by atoms with Crippen molar-refractivity contribution in [2.24, 2.45) is 0 Å². The van der Waals surface area contributed by atoms with Crippen molar-refractivity contribution in [1.29, 1.82) is 0 Å². The molecule has 0 aliphatic rings. The van der Waals surface area contributed by atoms with Crippen LogP contribution in [-0.4, -0.2) is 14.5 Å². The fraction of sp³-hybridized carbons (Fsp3) is 0.333. The summed E-state index contributed by atoms with van der Waals surface area (Å²) in [4.78, 5) is 8.08. The third kappa shape index (κ3) is 1.29. The molecule has 0 saturated carbocycles. The highest BCUT2D eigenvalue weighted by Crippen LogP contribution is 2.23. The van der Waals surface area contributed by atoms with Gasteiger partial charge in [0.15, 0.2) is 5.15 Å². The van der Waals surface area contributed by atoms with Crippen molar-refractivity contribution >= 4 is 22.6 Å². The molecule has 0 amide bonds. The smallest absolute Gasteiger partial charge is 0.156 e. The van der Waals surface area contributed by atoms with Gasteiger partial charge in [0.05, 0.1) is 5.52 Å². The molecule has 3 nitrogen and oxygen atoms in total. The second-order valence-corrected chi connectivity index (χ2v) is 3.57. The predicted molar refractivity (Wildman–Crippen MR) is 52.9 cm³/mol. The molecule has 0 atom stereocenters. The Morgan fingerprint density at radius 3 is 2.85 bits per heavy atom. The molecule has 0 aromatic carbocycles. The van der Waals surface area contributed by atoms with Crippen molar-refractivity contribution in [2.45, 2.75) is 19.9 Å². The van der Waals surface area contributed by atoms with Gasteiger partial charge in [0.1, 0.15) is 11.8 Å². The first-order valence-corrected chi connectivity index (χ1v) is 4.55. The topological polar surface area (TPSA) is 30.7 Å². The Morgan fingerprint density at radius 1 is 1.38 bits per heavy atom. The van der Waals surface area contributed by atoms with E-state index in [1.165, 1.54) is 6.33 Å². The van der Waals surface area contributed by atoms with E-state index in [9.17, 15) is 0 Å². The normalized spacial score (nSPS) is 11.4. The monoisotopic (exact) mass is 195 g/mol. The van der Waals surface area contributed by atoms with Crippen LogP contribution in [0.4, 0.5) is 0 Å². The summed E-state index contributed by atoms with van der Waals surface area (Å²) in [7, 11) is 0. The van der Waals surface area contributed by atoms with E-state index in [-0.39, 0.29) is 0 Å². The predicted octanol–water partition coefficient (Wildman–Crippen LogP) is 2.67. The minimum absolute atomic E-state index is 0.376. The van der Waals surface area contributed by atoms with E-state index in [1.54, 1.807) is 0 Å². The standard InChI is InChI=1S/C9H10ClN3/c1-6(2)13-4-3-7-8(13)9(10)12-5-11-7/h3-6H,1-2H3. The van der Waals surface area contributed by atoms with Gasteiger partial charge in [-0.2, -0.15) is 0 Å². The summed E-state index contributed by atoms with van der Waals surface area (Å²) in [5, 5.41) is 0.517. The Balaban J connectivity index is 2.79. The van der Waals surface area contributed by atoms with Gasteiger partial charge in [0, 0.05) is 12.2 Å². The number of halogens is 1. The van der Waals surface area contributed by atoms with Gasteiger partial charge in [-0.3, -0.25) is 0 Å². The number of fused-ring (bicyclic) bond motifs is 1.